The maximum Gasteiger partial charge on any atom is 0.124 e. The van der Waals surface area contributed by atoms with Crippen LogP contribution in [0.2, 0.25) is 0 Å². The quantitative estimate of drug-likeness (QED) is 0.846. The molecule has 2 atom stereocenters. The number of benzene rings is 1. The van der Waals surface area contributed by atoms with Gasteiger partial charge < -0.3 is 10.4 Å². The summed E-state index contributed by atoms with van der Waals surface area (Å²) in [6.45, 7) is 3.69. The van der Waals surface area contributed by atoms with Crippen molar-refractivity contribution >= 4 is 16.6 Å². The van der Waals surface area contributed by atoms with E-state index in [1.54, 1.807) is 6.20 Å². The van der Waals surface area contributed by atoms with Crippen LogP contribution in [-0.4, -0.2) is 46.3 Å². The topological polar surface area (TPSA) is 72.2 Å². The highest BCUT2D eigenvalue weighted by atomic mass is 19.1. The lowest BCUT2D eigenvalue weighted by Gasteiger charge is -2.42. The van der Waals surface area contributed by atoms with E-state index in [9.17, 15) is 14.8 Å². The average molecular weight is 382 g/mol. The van der Waals surface area contributed by atoms with Crippen LogP contribution in [0.1, 0.15) is 49.7 Å². The zero-order valence-electron chi connectivity index (χ0n) is 16.3. The smallest absolute Gasteiger partial charge is 0.124 e. The van der Waals surface area contributed by atoms with Gasteiger partial charge in [-0.15, -0.1) is 0 Å². The molecule has 1 aromatic carbocycles. The van der Waals surface area contributed by atoms with Crippen LogP contribution in [0.3, 0.4) is 0 Å². The van der Waals surface area contributed by atoms with Crippen LogP contribution in [0.5, 0.6) is 0 Å². The van der Waals surface area contributed by atoms with Crippen LogP contribution in [-0.2, 0) is 0 Å². The Kier molecular flexibility index (Phi) is 5.47. The van der Waals surface area contributed by atoms with E-state index in [1.807, 2.05) is 6.92 Å². The largest absolute Gasteiger partial charge is 0.391 e. The second-order valence-corrected chi connectivity index (χ2v) is 8.15. The Labute approximate surface area is 165 Å². The number of nitrogens with one attached hydrogen (secondary N) is 1. The maximum absolute atomic E-state index is 14.0. The summed E-state index contributed by atoms with van der Waals surface area (Å²) in [5.41, 5.74) is 2.63. The summed E-state index contributed by atoms with van der Waals surface area (Å²) in [4.78, 5) is 6.78. The molecule has 2 fully saturated rings. The summed E-state index contributed by atoms with van der Waals surface area (Å²) in [6, 6.07) is 5.63. The van der Waals surface area contributed by atoms with Gasteiger partial charge >= 0.3 is 0 Å². The molecule has 6 heteroatoms. The number of hydrogen-bond acceptors (Lipinski definition) is 5. The van der Waals surface area contributed by atoms with Gasteiger partial charge in [-0.1, -0.05) is 12.8 Å². The van der Waals surface area contributed by atoms with Crippen molar-refractivity contribution in [2.75, 3.05) is 18.4 Å². The van der Waals surface area contributed by atoms with Gasteiger partial charge in [0.25, 0.3) is 0 Å². The molecule has 1 aliphatic heterocycles. The van der Waals surface area contributed by atoms with E-state index in [0.717, 1.165) is 56.3 Å². The van der Waals surface area contributed by atoms with Crippen LogP contribution >= 0.6 is 0 Å². The number of aryl methyl sites for hydroxylation is 1. The molecule has 0 bridgehead atoms. The number of likely N-dealkylation sites (tertiary alicyclic amines) is 1. The normalized spacial score (nSPS) is 24.2. The van der Waals surface area contributed by atoms with E-state index in [4.69, 9.17) is 0 Å². The monoisotopic (exact) mass is 382 g/mol. The fourth-order valence-corrected chi connectivity index (χ4v) is 4.77. The fraction of sp³-hybridized carbons (Fsp3) is 0.545. The molecule has 2 heterocycles. The Morgan fingerprint density at radius 2 is 1.96 bits per heavy atom. The molecule has 1 saturated carbocycles. The van der Waals surface area contributed by atoms with Gasteiger partial charge in [0.05, 0.1) is 22.9 Å². The number of pyridine rings is 1. The summed E-state index contributed by atoms with van der Waals surface area (Å²) >= 11 is 0. The van der Waals surface area contributed by atoms with Gasteiger partial charge in [0.15, 0.2) is 0 Å². The zero-order valence-corrected chi connectivity index (χ0v) is 16.3. The number of fused-ring (bicyclic) bond motifs is 1. The second kappa shape index (κ2) is 8.02. The molecule has 1 saturated heterocycles. The van der Waals surface area contributed by atoms with E-state index in [-0.39, 0.29) is 24.0 Å². The number of nitrogens with zero attached hydrogens (tertiary/aromatic N) is 3. The molecule has 2 unspecified atom stereocenters. The lowest BCUT2D eigenvalue weighted by atomic mass is 9.89. The molecule has 5 nitrogen and oxygen atoms in total. The first-order valence-electron chi connectivity index (χ1n) is 10.2. The summed E-state index contributed by atoms with van der Waals surface area (Å²) in [6.07, 6.45) is 7.53. The van der Waals surface area contributed by atoms with E-state index >= 15 is 0 Å². The van der Waals surface area contributed by atoms with Crippen molar-refractivity contribution in [3.8, 4) is 6.07 Å². The van der Waals surface area contributed by atoms with Gasteiger partial charge in [-0.05, 0) is 50.3 Å². The van der Waals surface area contributed by atoms with Crippen molar-refractivity contribution in [2.45, 2.75) is 63.6 Å². The average Bonchev–Trinajstić information content (AvgIpc) is 2.69. The SMILES string of the molecule is Cc1cc(F)cc2c(NC3CCN(C4CCCCC4O)CC3)c(C#N)cnc12. The van der Waals surface area contributed by atoms with Gasteiger partial charge in [-0.2, -0.15) is 5.26 Å². The standard InChI is InChI=1S/C22H27FN4O/c1-14-10-16(23)11-18-21(14)25-13-15(12-24)22(18)26-17-6-8-27(9-7-17)19-4-2-3-5-20(19)28/h10-11,13,17,19-20,28H,2-9H2,1H3,(H,25,26). The molecule has 148 valence electrons. The Balaban J connectivity index is 1.52. The highest BCUT2D eigenvalue weighted by Crippen LogP contribution is 2.31. The number of hydrogen-bond donors (Lipinski definition) is 2. The molecule has 1 aromatic heterocycles. The van der Waals surface area contributed by atoms with Crippen LogP contribution < -0.4 is 5.32 Å². The Bertz CT molecular complexity index is 902. The van der Waals surface area contributed by atoms with Crippen molar-refractivity contribution < 1.29 is 9.50 Å². The van der Waals surface area contributed by atoms with Crippen molar-refractivity contribution in [2.24, 2.45) is 0 Å². The molecule has 0 radical (unpaired) electrons. The first-order chi connectivity index (χ1) is 13.6. The van der Waals surface area contributed by atoms with E-state index in [1.165, 1.54) is 18.6 Å². The summed E-state index contributed by atoms with van der Waals surface area (Å²) in [7, 11) is 0. The van der Waals surface area contributed by atoms with E-state index in [0.29, 0.717) is 16.6 Å². The number of nitriles is 1. The number of aromatic nitrogens is 1. The predicted molar refractivity (Wildman–Crippen MR) is 108 cm³/mol. The minimum absolute atomic E-state index is 0.210. The number of piperidine rings is 1. The number of aliphatic hydroxyl groups is 1. The first kappa shape index (κ1) is 19.1. The van der Waals surface area contributed by atoms with Crippen LogP contribution in [0, 0.1) is 24.1 Å². The number of rotatable bonds is 3. The van der Waals surface area contributed by atoms with Crippen molar-refractivity contribution in [1.82, 2.24) is 9.88 Å². The molecule has 28 heavy (non-hydrogen) atoms. The molecule has 2 aromatic rings. The van der Waals surface area contributed by atoms with Gasteiger partial charge in [-0.3, -0.25) is 9.88 Å². The van der Waals surface area contributed by atoms with Crippen molar-refractivity contribution in [1.29, 1.82) is 5.26 Å². The van der Waals surface area contributed by atoms with Gasteiger partial charge in [0.1, 0.15) is 11.9 Å². The van der Waals surface area contributed by atoms with Crippen molar-refractivity contribution in [3.05, 3.63) is 35.3 Å². The molecule has 0 spiro atoms. The van der Waals surface area contributed by atoms with Gasteiger partial charge in [-0.25, -0.2) is 4.39 Å². The second-order valence-electron chi connectivity index (χ2n) is 8.15. The number of halogens is 1. The van der Waals surface area contributed by atoms with Crippen LogP contribution in [0.4, 0.5) is 10.1 Å². The lowest BCUT2D eigenvalue weighted by molar-refractivity contribution is 0.00994. The van der Waals surface area contributed by atoms with Crippen LogP contribution in [0.15, 0.2) is 18.3 Å². The fourth-order valence-electron chi connectivity index (χ4n) is 4.77. The Morgan fingerprint density at radius 3 is 2.68 bits per heavy atom. The first-order valence-corrected chi connectivity index (χ1v) is 10.2. The molecule has 4 rings (SSSR count). The molecule has 0 amide bonds. The minimum Gasteiger partial charge on any atom is -0.391 e. The molecular weight excluding hydrogens is 355 g/mol. The van der Waals surface area contributed by atoms with Crippen molar-refractivity contribution in [3.63, 3.8) is 0 Å². The summed E-state index contributed by atoms with van der Waals surface area (Å²) in [5.74, 6) is -0.314. The maximum atomic E-state index is 14.0. The van der Waals surface area contributed by atoms with E-state index < -0.39 is 0 Å². The van der Waals surface area contributed by atoms with Gasteiger partial charge in [0, 0.05) is 36.8 Å². The number of aliphatic hydroxyl groups excluding tert-OH is 1. The third-order valence-electron chi connectivity index (χ3n) is 6.29. The third kappa shape index (κ3) is 3.69. The third-order valence-corrected chi connectivity index (χ3v) is 6.29. The Hall–Kier alpha value is -2.23. The predicted octanol–water partition coefficient (Wildman–Crippen LogP) is 3.73. The Morgan fingerprint density at radius 1 is 1.21 bits per heavy atom. The highest BCUT2D eigenvalue weighted by Gasteiger charge is 2.31. The lowest BCUT2D eigenvalue weighted by Crippen LogP contribution is -2.50. The van der Waals surface area contributed by atoms with Gasteiger partial charge in [0.2, 0.25) is 0 Å². The van der Waals surface area contributed by atoms with E-state index in [2.05, 4.69) is 21.3 Å². The summed E-state index contributed by atoms with van der Waals surface area (Å²) in [5, 5.41) is 24.0. The number of anilines is 1. The molecule has 2 aliphatic rings. The molecular formula is C22H27FN4O. The van der Waals surface area contributed by atoms with Crippen LogP contribution in [0.25, 0.3) is 10.9 Å². The molecule has 1 aliphatic carbocycles. The molecule has 2 N–H and O–H groups in total. The highest BCUT2D eigenvalue weighted by molar-refractivity contribution is 5.95. The zero-order chi connectivity index (χ0) is 19.7. The summed E-state index contributed by atoms with van der Waals surface area (Å²) < 4.78 is 14.0. The minimum atomic E-state index is -0.314.